The number of nitrogens with one attached hydrogen (secondary N) is 1. The summed E-state index contributed by atoms with van der Waals surface area (Å²) in [7, 11) is -3.88. The van der Waals surface area contributed by atoms with Crippen molar-refractivity contribution in [2.45, 2.75) is 30.5 Å². The van der Waals surface area contributed by atoms with Crippen molar-refractivity contribution >= 4 is 33.2 Å². The first-order valence-electron chi connectivity index (χ1n) is 11.8. The summed E-state index contributed by atoms with van der Waals surface area (Å²) in [6.45, 7) is 0.828. The molecule has 2 aliphatic rings. The van der Waals surface area contributed by atoms with Gasteiger partial charge in [-0.1, -0.05) is 23.7 Å². The summed E-state index contributed by atoms with van der Waals surface area (Å²) >= 11 is 6.34. The predicted octanol–water partition coefficient (Wildman–Crippen LogP) is 5.20. The van der Waals surface area contributed by atoms with Gasteiger partial charge < -0.3 is 14.8 Å². The van der Waals surface area contributed by atoms with Crippen molar-refractivity contribution in [1.29, 1.82) is 0 Å². The van der Waals surface area contributed by atoms with Gasteiger partial charge in [-0.2, -0.15) is 17.5 Å². The number of fused-ring (bicyclic) bond motifs is 2. The molecule has 3 aromatic rings. The Labute approximate surface area is 226 Å². The summed E-state index contributed by atoms with van der Waals surface area (Å²) in [4.78, 5) is 12.8. The second-order valence-electron chi connectivity index (χ2n) is 8.99. The van der Waals surface area contributed by atoms with Gasteiger partial charge in [-0.15, -0.1) is 0 Å². The molecule has 0 saturated heterocycles. The van der Waals surface area contributed by atoms with Crippen LogP contribution in [0.1, 0.15) is 22.3 Å². The highest BCUT2D eigenvalue weighted by atomic mass is 35.5. The molecule has 0 spiro atoms. The van der Waals surface area contributed by atoms with Gasteiger partial charge in [0.15, 0.2) is 11.5 Å². The molecule has 0 aromatic heterocycles. The van der Waals surface area contributed by atoms with Crippen molar-refractivity contribution < 1.29 is 40.2 Å². The van der Waals surface area contributed by atoms with Crippen molar-refractivity contribution in [3.05, 3.63) is 81.6 Å². The van der Waals surface area contributed by atoms with Gasteiger partial charge in [0, 0.05) is 19.2 Å². The van der Waals surface area contributed by atoms with E-state index in [1.54, 1.807) is 12.1 Å². The number of carbonyl (C=O) groups excluding carboxylic acids is 1. The number of benzene rings is 3. The van der Waals surface area contributed by atoms with Gasteiger partial charge in [0.05, 0.1) is 27.6 Å². The van der Waals surface area contributed by atoms with Crippen LogP contribution in [0, 0.1) is 5.82 Å². The molecule has 1 N–H and O–H groups in total. The number of sulfonamides is 1. The molecule has 2 heterocycles. The van der Waals surface area contributed by atoms with Crippen LogP contribution in [0.15, 0.2) is 53.4 Å². The van der Waals surface area contributed by atoms with E-state index in [9.17, 15) is 30.8 Å². The predicted molar refractivity (Wildman–Crippen MR) is 134 cm³/mol. The molecule has 0 unspecified atom stereocenters. The summed E-state index contributed by atoms with van der Waals surface area (Å²) in [5.74, 6) is -1.26. The lowest BCUT2D eigenvalue weighted by Crippen LogP contribution is -2.36. The Balaban J connectivity index is 1.33. The van der Waals surface area contributed by atoms with Gasteiger partial charge in [0.1, 0.15) is 19.0 Å². The summed E-state index contributed by atoms with van der Waals surface area (Å²) in [6.07, 6.45) is -4.99. The number of carbonyl (C=O) groups is 1. The van der Waals surface area contributed by atoms with Crippen molar-refractivity contribution in [2.24, 2.45) is 0 Å². The summed E-state index contributed by atoms with van der Waals surface area (Å²) in [5.41, 5.74) is 0.187. The molecule has 0 fully saturated rings. The fraction of sp³-hybridized carbons (Fsp3) is 0.269. The Morgan fingerprint density at radius 2 is 1.77 bits per heavy atom. The molecule has 13 heteroatoms. The average Bonchev–Trinajstić information content (AvgIpc) is 2.89. The van der Waals surface area contributed by atoms with Crippen LogP contribution in [0.5, 0.6) is 11.5 Å². The van der Waals surface area contributed by atoms with E-state index in [1.165, 1.54) is 22.5 Å². The number of amides is 1. The molecule has 39 heavy (non-hydrogen) atoms. The lowest BCUT2D eigenvalue weighted by molar-refractivity contribution is -0.140. The minimum atomic E-state index is -4.84. The molecule has 7 nitrogen and oxygen atoms in total. The number of hydrogen-bond acceptors (Lipinski definition) is 5. The zero-order chi connectivity index (χ0) is 27.9. The minimum Gasteiger partial charge on any atom is -0.486 e. The van der Waals surface area contributed by atoms with Crippen LogP contribution < -0.4 is 14.8 Å². The lowest BCUT2D eigenvalue weighted by atomic mass is 9.98. The van der Waals surface area contributed by atoms with E-state index >= 15 is 0 Å². The first-order valence-corrected chi connectivity index (χ1v) is 13.6. The fourth-order valence-electron chi connectivity index (χ4n) is 4.54. The maximum Gasteiger partial charge on any atom is 0.419 e. The lowest BCUT2D eigenvalue weighted by Gasteiger charge is -2.30. The van der Waals surface area contributed by atoms with E-state index in [-0.39, 0.29) is 47.1 Å². The standard InChI is InChI=1S/C26H21ClF4N2O5S/c27-20-5-2-16-14-33(39(35,36)17-3-6-22-23(13-17)38-10-9-37-22)8-7-18(16)25(20)32-24(34)12-15-1-4-19(21(28)11-15)26(29,30)31/h1-6,11,13H,7-10,12,14H2,(H,32,34). The molecular formula is C26H21ClF4N2O5S. The Kier molecular flexibility index (Phi) is 7.21. The van der Waals surface area contributed by atoms with E-state index < -0.39 is 33.5 Å². The first-order chi connectivity index (χ1) is 18.4. The molecule has 0 atom stereocenters. The minimum absolute atomic E-state index is 0.0241. The molecule has 0 aliphatic carbocycles. The third-order valence-corrected chi connectivity index (χ3v) is 8.59. The number of halogens is 5. The second kappa shape index (κ2) is 10.3. The third-order valence-electron chi connectivity index (χ3n) is 6.44. The molecule has 0 bridgehead atoms. The number of rotatable bonds is 5. The first kappa shape index (κ1) is 27.2. The van der Waals surface area contributed by atoms with E-state index in [4.69, 9.17) is 21.1 Å². The Hall–Kier alpha value is -3.35. The Morgan fingerprint density at radius 3 is 2.49 bits per heavy atom. The molecule has 3 aromatic carbocycles. The SMILES string of the molecule is O=C(Cc1ccc(C(F)(F)F)c(F)c1)Nc1c(Cl)ccc2c1CCN(S(=O)(=O)c1ccc3c(c1)OCCO3)C2. The van der Waals surface area contributed by atoms with Gasteiger partial charge in [-0.3, -0.25) is 4.79 Å². The van der Waals surface area contributed by atoms with Crippen molar-refractivity contribution in [3.8, 4) is 11.5 Å². The van der Waals surface area contributed by atoms with Crippen LogP contribution in [0.4, 0.5) is 23.2 Å². The van der Waals surface area contributed by atoms with Gasteiger partial charge in [-0.25, -0.2) is 12.8 Å². The zero-order valence-electron chi connectivity index (χ0n) is 20.1. The van der Waals surface area contributed by atoms with Gasteiger partial charge in [0.2, 0.25) is 15.9 Å². The van der Waals surface area contributed by atoms with Crippen LogP contribution in [0.2, 0.25) is 5.02 Å². The quantitative estimate of drug-likeness (QED) is 0.417. The van der Waals surface area contributed by atoms with Crippen LogP contribution in [-0.2, 0) is 40.4 Å². The number of alkyl halides is 3. The van der Waals surface area contributed by atoms with Gasteiger partial charge >= 0.3 is 6.18 Å². The van der Waals surface area contributed by atoms with Crippen LogP contribution in [0.3, 0.4) is 0 Å². The van der Waals surface area contributed by atoms with Crippen molar-refractivity contribution in [2.75, 3.05) is 25.1 Å². The highest BCUT2D eigenvalue weighted by Gasteiger charge is 2.34. The maximum absolute atomic E-state index is 13.9. The molecule has 1 amide bonds. The Morgan fingerprint density at radius 1 is 1.03 bits per heavy atom. The van der Waals surface area contributed by atoms with E-state index in [1.807, 2.05) is 0 Å². The van der Waals surface area contributed by atoms with Crippen LogP contribution in [0.25, 0.3) is 0 Å². The smallest absolute Gasteiger partial charge is 0.419 e. The van der Waals surface area contributed by atoms with Crippen molar-refractivity contribution in [1.82, 2.24) is 4.31 Å². The molecule has 0 radical (unpaired) electrons. The molecule has 206 valence electrons. The van der Waals surface area contributed by atoms with Gasteiger partial charge in [0.25, 0.3) is 0 Å². The largest absolute Gasteiger partial charge is 0.486 e. The molecule has 2 aliphatic heterocycles. The Bertz CT molecular complexity index is 1560. The number of hydrogen-bond donors (Lipinski definition) is 1. The number of nitrogens with zero attached hydrogens (tertiary/aromatic N) is 1. The van der Waals surface area contributed by atoms with Crippen LogP contribution in [-0.4, -0.2) is 38.4 Å². The fourth-order valence-corrected chi connectivity index (χ4v) is 6.20. The highest BCUT2D eigenvalue weighted by molar-refractivity contribution is 7.89. The monoisotopic (exact) mass is 584 g/mol. The molecule has 0 saturated carbocycles. The van der Waals surface area contributed by atoms with Crippen molar-refractivity contribution in [3.63, 3.8) is 0 Å². The zero-order valence-corrected chi connectivity index (χ0v) is 21.7. The molecule has 5 rings (SSSR count). The summed E-state index contributed by atoms with van der Waals surface area (Å²) < 4.78 is 91.4. The number of anilines is 1. The second-order valence-corrected chi connectivity index (χ2v) is 11.3. The normalized spacial score (nSPS) is 15.5. The maximum atomic E-state index is 13.9. The van der Waals surface area contributed by atoms with E-state index in [0.29, 0.717) is 48.0 Å². The van der Waals surface area contributed by atoms with Gasteiger partial charge in [-0.05, 0) is 53.4 Å². The number of ether oxygens (including phenoxy) is 2. The highest BCUT2D eigenvalue weighted by Crippen LogP contribution is 2.37. The van der Waals surface area contributed by atoms with E-state index in [0.717, 1.165) is 6.07 Å². The third kappa shape index (κ3) is 5.54. The topological polar surface area (TPSA) is 84.9 Å². The van der Waals surface area contributed by atoms with Crippen LogP contribution >= 0.6 is 11.6 Å². The summed E-state index contributed by atoms with van der Waals surface area (Å²) in [6, 6.07) is 9.92. The summed E-state index contributed by atoms with van der Waals surface area (Å²) in [5, 5.41) is 2.87. The average molecular weight is 585 g/mol. The molecular weight excluding hydrogens is 564 g/mol. The van der Waals surface area contributed by atoms with E-state index in [2.05, 4.69) is 5.32 Å².